The van der Waals surface area contributed by atoms with Crippen LogP contribution in [0, 0.1) is 19.8 Å². The molecule has 4 rings (SSSR count). The first kappa shape index (κ1) is 20.7. The normalized spacial score (nSPS) is 21.0. The maximum atomic E-state index is 13.3. The lowest BCUT2D eigenvalue weighted by Crippen LogP contribution is -2.20. The number of rotatable bonds is 6. The number of carbonyl (C=O) groups is 1. The van der Waals surface area contributed by atoms with Crippen LogP contribution in [0.25, 0.3) is 0 Å². The third kappa shape index (κ3) is 4.45. The third-order valence-corrected chi connectivity index (χ3v) is 6.95. The minimum atomic E-state index is -0.312. The molecular weight excluding hydrogens is 394 g/mol. The number of carbonyl (C=O) groups excluding carboxylic acids is 1. The van der Waals surface area contributed by atoms with Gasteiger partial charge in [-0.2, -0.15) is 0 Å². The second kappa shape index (κ2) is 8.66. The van der Waals surface area contributed by atoms with Gasteiger partial charge in [0, 0.05) is 17.1 Å². The fourth-order valence-electron chi connectivity index (χ4n) is 4.13. The quantitative estimate of drug-likeness (QED) is 0.571. The van der Waals surface area contributed by atoms with Crippen LogP contribution in [0.5, 0.6) is 0 Å². The second-order valence-electron chi connectivity index (χ2n) is 8.33. The molecule has 156 valence electrons. The second-order valence-corrected chi connectivity index (χ2v) is 9.59. The molecule has 2 aromatic heterocycles. The van der Waals surface area contributed by atoms with Crippen LogP contribution in [0.2, 0.25) is 0 Å². The van der Waals surface area contributed by atoms with Crippen molar-refractivity contribution in [1.82, 2.24) is 9.97 Å². The van der Waals surface area contributed by atoms with E-state index < -0.39 is 0 Å². The summed E-state index contributed by atoms with van der Waals surface area (Å²) in [5.41, 5.74) is 4.14. The van der Waals surface area contributed by atoms with Crippen LogP contribution in [0.1, 0.15) is 56.6 Å². The maximum absolute atomic E-state index is 13.3. The van der Waals surface area contributed by atoms with Crippen molar-refractivity contribution in [2.75, 3.05) is 5.32 Å². The van der Waals surface area contributed by atoms with Crippen molar-refractivity contribution < 1.29 is 9.90 Å². The molecule has 0 aliphatic heterocycles. The molecule has 0 spiro atoms. The third-order valence-electron chi connectivity index (χ3n) is 5.86. The summed E-state index contributed by atoms with van der Waals surface area (Å²) in [6.07, 6.45) is 5.06. The van der Waals surface area contributed by atoms with Crippen molar-refractivity contribution in [3.63, 3.8) is 0 Å². The Morgan fingerprint density at radius 1 is 1.27 bits per heavy atom. The molecule has 0 amide bonds. The number of benzene rings is 1. The number of nitrogens with zero attached hydrogens (tertiary/aromatic N) is 2. The zero-order valence-corrected chi connectivity index (χ0v) is 18.4. The van der Waals surface area contributed by atoms with Gasteiger partial charge in [-0.15, -0.1) is 11.3 Å². The first-order valence-corrected chi connectivity index (χ1v) is 11.2. The molecule has 5 nitrogen and oxygen atoms in total. The number of aryl methyl sites for hydroxylation is 2. The molecule has 1 aliphatic rings. The molecule has 0 saturated heterocycles. The molecule has 3 aromatic rings. The van der Waals surface area contributed by atoms with Gasteiger partial charge in [-0.3, -0.25) is 4.79 Å². The van der Waals surface area contributed by atoms with E-state index in [1.807, 2.05) is 13.0 Å². The average molecular weight is 422 g/mol. The van der Waals surface area contributed by atoms with Crippen LogP contribution in [0.15, 0.2) is 42.9 Å². The SMILES string of the molecule is Cc1cccc(Cc2cc(C(=O)c3cncnc3N[C@@H]3C[C@@H](C)[C@@H](O)C3)sc2C)c1. The highest BCUT2D eigenvalue weighted by Crippen LogP contribution is 2.31. The Balaban J connectivity index is 1.55. The van der Waals surface area contributed by atoms with E-state index in [0.29, 0.717) is 22.7 Å². The summed E-state index contributed by atoms with van der Waals surface area (Å²) < 4.78 is 0. The molecule has 0 unspecified atom stereocenters. The number of hydrogen-bond acceptors (Lipinski definition) is 6. The number of aliphatic hydroxyl groups excluding tert-OH is 1. The van der Waals surface area contributed by atoms with Crippen LogP contribution < -0.4 is 5.32 Å². The molecule has 1 aromatic carbocycles. The maximum Gasteiger partial charge on any atom is 0.208 e. The largest absolute Gasteiger partial charge is 0.393 e. The zero-order valence-electron chi connectivity index (χ0n) is 17.6. The molecule has 6 heteroatoms. The van der Waals surface area contributed by atoms with Crippen molar-refractivity contribution in [1.29, 1.82) is 0 Å². The van der Waals surface area contributed by atoms with Crippen LogP contribution >= 0.6 is 11.3 Å². The van der Waals surface area contributed by atoms with E-state index >= 15 is 0 Å². The Morgan fingerprint density at radius 3 is 2.83 bits per heavy atom. The van der Waals surface area contributed by atoms with Gasteiger partial charge < -0.3 is 10.4 Å². The Hall–Kier alpha value is -2.57. The molecule has 0 bridgehead atoms. The Morgan fingerprint density at radius 2 is 2.10 bits per heavy atom. The number of nitrogens with one attached hydrogen (secondary N) is 1. The van der Waals surface area contributed by atoms with E-state index in [1.54, 1.807) is 6.20 Å². The highest BCUT2D eigenvalue weighted by Gasteiger charge is 2.31. The van der Waals surface area contributed by atoms with Gasteiger partial charge in [0.1, 0.15) is 12.1 Å². The highest BCUT2D eigenvalue weighted by molar-refractivity contribution is 7.14. The highest BCUT2D eigenvalue weighted by atomic mass is 32.1. The van der Waals surface area contributed by atoms with Crippen LogP contribution in [0.3, 0.4) is 0 Å². The fourth-order valence-corrected chi connectivity index (χ4v) is 5.13. The lowest BCUT2D eigenvalue weighted by Gasteiger charge is -2.15. The lowest BCUT2D eigenvalue weighted by molar-refractivity contribution is 0.104. The van der Waals surface area contributed by atoms with E-state index in [9.17, 15) is 9.90 Å². The number of anilines is 1. The van der Waals surface area contributed by atoms with Gasteiger partial charge in [0.05, 0.1) is 16.5 Å². The first-order chi connectivity index (χ1) is 14.4. The van der Waals surface area contributed by atoms with Gasteiger partial charge in [-0.1, -0.05) is 36.8 Å². The van der Waals surface area contributed by atoms with Gasteiger partial charge in [-0.25, -0.2) is 9.97 Å². The minimum Gasteiger partial charge on any atom is -0.393 e. The Labute approximate surface area is 181 Å². The van der Waals surface area contributed by atoms with E-state index in [0.717, 1.165) is 17.7 Å². The van der Waals surface area contributed by atoms with Gasteiger partial charge in [0.25, 0.3) is 0 Å². The van der Waals surface area contributed by atoms with Gasteiger partial charge in [0.15, 0.2) is 0 Å². The number of ketones is 1. The summed E-state index contributed by atoms with van der Waals surface area (Å²) in [6, 6.07) is 10.6. The molecular formula is C24H27N3O2S. The molecule has 2 heterocycles. The number of aromatic nitrogens is 2. The smallest absolute Gasteiger partial charge is 0.208 e. The summed E-state index contributed by atoms with van der Waals surface area (Å²) >= 11 is 1.52. The van der Waals surface area contributed by atoms with E-state index in [1.165, 1.54) is 34.4 Å². The fraction of sp³-hybridized carbons (Fsp3) is 0.375. The Kier molecular flexibility index (Phi) is 5.97. The van der Waals surface area contributed by atoms with Crippen molar-refractivity contribution in [3.8, 4) is 0 Å². The van der Waals surface area contributed by atoms with E-state index in [-0.39, 0.29) is 23.8 Å². The minimum absolute atomic E-state index is 0.0618. The molecule has 30 heavy (non-hydrogen) atoms. The van der Waals surface area contributed by atoms with Crippen LogP contribution in [-0.4, -0.2) is 33.0 Å². The molecule has 0 radical (unpaired) electrons. The van der Waals surface area contributed by atoms with Crippen molar-refractivity contribution in [3.05, 3.63) is 74.9 Å². The number of thiophene rings is 1. The topological polar surface area (TPSA) is 75.1 Å². The standard InChI is InChI=1S/C24H27N3O2S/c1-14-5-4-6-17(7-14)9-18-10-22(30-16(18)3)23(29)20-12-25-13-26-24(20)27-19-8-15(2)21(28)11-19/h4-7,10,12-13,15,19,21,28H,8-9,11H2,1-3H3,(H,25,26,27)/t15-,19-,21+/m1/s1. The first-order valence-electron chi connectivity index (χ1n) is 10.3. The average Bonchev–Trinajstić information content (AvgIpc) is 3.23. The number of hydrogen-bond donors (Lipinski definition) is 2. The van der Waals surface area contributed by atoms with Crippen LogP contribution in [-0.2, 0) is 6.42 Å². The predicted octanol–water partition coefficient (Wildman–Crippen LogP) is 4.55. The molecule has 3 atom stereocenters. The summed E-state index contributed by atoms with van der Waals surface area (Å²) in [4.78, 5) is 23.5. The Bertz CT molecular complexity index is 1050. The van der Waals surface area contributed by atoms with Crippen molar-refractivity contribution >= 4 is 22.9 Å². The van der Waals surface area contributed by atoms with Gasteiger partial charge >= 0.3 is 0 Å². The number of aliphatic hydroxyl groups is 1. The molecule has 1 aliphatic carbocycles. The lowest BCUT2D eigenvalue weighted by atomic mass is 10.0. The molecule has 1 fully saturated rings. The molecule has 2 N–H and O–H groups in total. The summed E-state index contributed by atoms with van der Waals surface area (Å²) in [5.74, 6) is 0.730. The van der Waals surface area contributed by atoms with Crippen molar-refractivity contribution in [2.24, 2.45) is 5.92 Å². The summed E-state index contributed by atoms with van der Waals surface area (Å²) in [6.45, 7) is 6.20. The van der Waals surface area contributed by atoms with Gasteiger partial charge in [0.2, 0.25) is 5.78 Å². The monoisotopic (exact) mass is 421 g/mol. The predicted molar refractivity (Wildman–Crippen MR) is 120 cm³/mol. The summed E-state index contributed by atoms with van der Waals surface area (Å²) in [5, 5.41) is 13.4. The molecule has 1 saturated carbocycles. The van der Waals surface area contributed by atoms with E-state index in [4.69, 9.17) is 0 Å². The summed E-state index contributed by atoms with van der Waals surface area (Å²) in [7, 11) is 0. The van der Waals surface area contributed by atoms with E-state index in [2.05, 4.69) is 53.4 Å². The van der Waals surface area contributed by atoms with Gasteiger partial charge in [-0.05, 0) is 56.2 Å². The zero-order chi connectivity index (χ0) is 21.3. The van der Waals surface area contributed by atoms with Crippen LogP contribution in [0.4, 0.5) is 5.82 Å². The van der Waals surface area contributed by atoms with Crippen molar-refractivity contribution in [2.45, 2.75) is 52.2 Å².